The van der Waals surface area contributed by atoms with Crippen molar-refractivity contribution >= 4 is 46.9 Å². The van der Waals surface area contributed by atoms with Gasteiger partial charge in [0.2, 0.25) is 5.75 Å². The Morgan fingerprint density at radius 2 is 1.73 bits per heavy atom. The number of hydrogen-bond acceptors (Lipinski definition) is 9. The molecule has 1 aromatic carbocycles. The predicted molar refractivity (Wildman–Crippen MR) is 167 cm³/mol. The van der Waals surface area contributed by atoms with E-state index in [1.807, 2.05) is 0 Å². The first-order chi connectivity index (χ1) is 22.7. The quantitative estimate of drug-likeness (QED) is 0.239. The number of phenols is 1. The SMILES string of the molecule is COc1cc(C=CC2C3=CCC4C(=O)N(N(C)c5nc(C(F)(F)F)ccc5Cl)C(=O)C4C3CC3=C2C(=O)C(C)=CC3=O)cc(OC)c1O. The molecule has 4 atom stereocenters. The van der Waals surface area contributed by atoms with E-state index in [1.54, 1.807) is 37.3 Å². The number of amides is 2. The molecule has 0 radical (unpaired) electrons. The number of carbonyl (C=O) groups excluding carboxylic acids is 4. The Kier molecular flexibility index (Phi) is 8.22. The number of hydrazine groups is 1. The van der Waals surface area contributed by atoms with Crippen molar-refractivity contribution in [2.24, 2.45) is 23.7 Å². The zero-order valence-corrected chi connectivity index (χ0v) is 26.8. The molecular weight excluding hydrogens is 655 g/mol. The van der Waals surface area contributed by atoms with Crippen LogP contribution in [0.5, 0.6) is 17.2 Å². The van der Waals surface area contributed by atoms with Crippen LogP contribution in [0.3, 0.4) is 0 Å². The highest BCUT2D eigenvalue weighted by Crippen LogP contribution is 2.53. The highest BCUT2D eigenvalue weighted by Gasteiger charge is 2.57. The number of ether oxygens (including phenoxy) is 2. The van der Waals surface area contributed by atoms with E-state index in [9.17, 15) is 37.5 Å². The van der Waals surface area contributed by atoms with Crippen LogP contribution in [0.4, 0.5) is 19.0 Å². The van der Waals surface area contributed by atoms with Gasteiger partial charge in [-0.3, -0.25) is 24.2 Å². The third kappa shape index (κ3) is 5.26. The van der Waals surface area contributed by atoms with Gasteiger partial charge >= 0.3 is 6.18 Å². The van der Waals surface area contributed by atoms with E-state index in [-0.39, 0.29) is 63.4 Å². The number of carbonyl (C=O) groups is 4. The van der Waals surface area contributed by atoms with Crippen molar-refractivity contribution in [2.45, 2.75) is 25.9 Å². The summed E-state index contributed by atoms with van der Waals surface area (Å²) in [6.45, 7) is 1.55. The van der Waals surface area contributed by atoms with Crippen LogP contribution in [0.15, 0.2) is 64.8 Å². The fraction of sp³-hybridized carbons (Fsp3) is 0.324. The van der Waals surface area contributed by atoms with Crippen molar-refractivity contribution in [3.63, 3.8) is 0 Å². The lowest BCUT2D eigenvalue weighted by Gasteiger charge is -2.41. The summed E-state index contributed by atoms with van der Waals surface area (Å²) in [6.07, 6.45) is 1.80. The summed E-state index contributed by atoms with van der Waals surface area (Å²) in [5, 5.41) is 11.8. The summed E-state index contributed by atoms with van der Waals surface area (Å²) in [6, 6.07) is 4.82. The smallest absolute Gasteiger partial charge is 0.433 e. The van der Waals surface area contributed by atoms with Crippen LogP contribution in [-0.2, 0) is 25.4 Å². The number of allylic oxidation sites excluding steroid dienone is 7. The van der Waals surface area contributed by atoms with Crippen LogP contribution in [0.25, 0.3) is 6.08 Å². The average molecular weight is 684 g/mol. The first kappa shape index (κ1) is 33.0. The summed E-state index contributed by atoms with van der Waals surface area (Å²) < 4.78 is 50.9. The van der Waals surface area contributed by atoms with Gasteiger partial charge in [-0.25, -0.2) is 4.98 Å². The maximum atomic E-state index is 14.1. The lowest BCUT2D eigenvalue weighted by molar-refractivity contribution is -0.141. The van der Waals surface area contributed by atoms with E-state index >= 15 is 0 Å². The second kappa shape index (κ2) is 12.0. The molecule has 2 aromatic rings. The van der Waals surface area contributed by atoms with Crippen LogP contribution in [0.1, 0.15) is 31.0 Å². The molecule has 0 spiro atoms. The zero-order valence-electron chi connectivity index (χ0n) is 26.1. The van der Waals surface area contributed by atoms with Gasteiger partial charge in [-0.15, -0.1) is 0 Å². The maximum absolute atomic E-state index is 14.1. The second-order valence-corrected chi connectivity index (χ2v) is 12.3. The van der Waals surface area contributed by atoms with Gasteiger partial charge in [0.15, 0.2) is 28.9 Å². The summed E-state index contributed by atoms with van der Waals surface area (Å²) in [7, 11) is 4.00. The van der Waals surface area contributed by atoms with E-state index in [0.29, 0.717) is 17.2 Å². The molecule has 1 fully saturated rings. The number of aromatic hydroxyl groups is 1. The highest BCUT2D eigenvalue weighted by atomic mass is 35.5. The van der Waals surface area contributed by atoms with Crippen molar-refractivity contribution < 1.29 is 46.9 Å². The Labute approximate surface area is 277 Å². The number of phenolic OH excluding ortho intramolecular Hbond substituents is 1. The molecule has 2 heterocycles. The van der Waals surface area contributed by atoms with E-state index in [4.69, 9.17) is 21.1 Å². The molecule has 4 aliphatic rings. The van der Waals surface area contributed by atoms with E-state index in [1.165, 1.54) is 27.3 Å². The molecule has 14 heteroatoms. The monoisotopic (exact) mass is 683 g/mol. The summed E-state index contributed by atoms with van der Waals surface area (Å²) in [4.78, 5) is 58.4. The number of hydrogen-bond donors (Lipinski definition) is 1. The van der Waals surface area contributed by atoms with Gasteiger partial charge in [0, 0.05) is 29.7 Å². The molecule has 48 heavy (non-hydrogen) atoms. The van der Waals surface area contributed by atoms with Gasteiger partial charge in [0.05, 0.1) is 31.1 Å². The van der Waals surface area contributed by atoms with Crippen molar-refractivity contribution in [1.29, 1.82) is 0 Å². The minimum absolute atomic E-state index is 0.0149. The minimum atomic E-state index is -4.80. The minimum Gasteiger partial charge on any atom is -0.502 e. The van der Waals surface area contributed by atoms with Crippen molar-refractivity contribution in [2.75, 3.05) is 26.3 Å². The fourth-order valence-electron chi connectivity index (χ4n) is 7.05. The van der Waals surface area contributed by atoms with E-state index in [0.717, 1.165) is 16.1 Å². The number of aromatic nitrogens is 1. The molecule has 250 valence electrons. The molecule has 10 nitrogen and oxygen atoms in total. The molecule has 1 N–H and O–H groups in total. The number of anilines is 1. The topological polar surface area (TPSA) is 126 Å². The number of Topliss-reactive ketones (excluding diaryl/α,β-unsaturated/α-hetero) is 1. The van der Waals surface area contributed by atoms with Gasteiger partial charge < -0.3 is 14.6 Å². The molecule has 6 rings (SSSR count). The third-order valence-electron chi connectivity index (χ3n) is 9.30. The first-order valence-electron chi connectivity index (χ1n) is 14.9. The first-order valence-corrected chi connectivity index (χ1v) is 15.2. The Balaban J connectivity index is 1.40. The second-order valence-electron chi connectivity index (χ2n) is 11.9. The standard InChI is InChI=1S/C34H29ClF3N3O7/c1-15-11-23(42)21-14-20-17(18(27(21)29(15)43)6-5-16-12-24(47-3)30(44)25(13-16)48-4)7-8-19-28(20)33(46)41(32(19)45)40(2)31-22(35)9-10-26(39-31)34(36,37)38/h5-7,9-13,18-20,28,44H,8,14H2,1-4H3. The predicted octanol–water partition coefficient (Wildman–Crippen LogP) is 5.50. The van der Waals surface area contributed by atoms with Gasteiger partial charge in [0.25, 0.3) is 11.8 Å². The Hall–Kier alpha value is -4.91. The number of nitrogens with zero attached hydrogens (tertiary/aromatic N) is 3. The number of halogens is 4. The number of fused-ring (bicyclic) bond motifs is 3. The van der Waals surface area contributed by atoms with Gasteiger partial charge in [-0.1, -0.05) is 35.4 Å². The lowest BCUT2D eigenvalue weighted by Crippen LogP contribution is -2.46. The molecule has 3 aliphatic carbocycles. The molecule has 1 aliphatic heterocycles. The molecule has 4 unspecified atom stereocenters. The molecule has 1 aromatic heterocycles. The van der Waals surface area contributed by atoms with Gasteiger partial charge in [-0.05, 0) is 61.6 Å². The molecular formula is C34H29ClF3N3O7. The number of methoxy groups -OCH3 is 2. The van der Waals surface area contributed by atoms with E-state index < -0.39 is 53.2 Å². The Morgan fingerprint density at radius 3 is 2.35 bits per heavy atom. The van der Waals surface area contributed by atoms with Crippen LogP contribution >= 0.6 is 11.6 Å². The Bertz CT molecular complexity index is 1890. The van der Waals surface area contributed by atoms with Crippen LogP contribution in [0, 0.1) is 23.7 Å². The van der Waals surface area contributed by atoms with Gasteiger partial charge in [-0.2, -0.15) is 18.2 Å². The number of pyridine rings is 1. The third-order valence-corrected chi connectivity index (χ3v) is 9.59. The number of imide groups is 1. The van der Waals surface area contributed by atoms with Crippen LogP contribution in [-0.4, -0.2) is 59.7 Å². The van der Waals surface area contributed by atoms with Crippen molar-refractivity contribution in [1.82, 2.24) is 9.99 Å². The fourth-order valence-corrected chi connectivity index (χ4v) is 7.27. The van der Waals surface area contributed by atoms with Gasteiger partial charge in [0.1, 0.15) is 5.69 Å². The molecule has 1 saturated heterocycles. The summed E-state index contributed by atoms with van der Waals surface area (Å²) in [5.41, 5.74) is 0.749. The number of ketones is 2. The largest absolute Gasteiger partial charge is 0.502 e. The normalized spacial score (nSPS) is 24.0. The lowest BCUT2D eigenvalue weighted by atomic mass is 9.60. The van der Waals surface area contributed by atoms with Crippen molar-refractivity contribution in [3.8, 4) is 17.2 Å². The summed E-state index contributed by atoms with van der Waals surface area (Å²) >= 11 is 6.20. The van der Waals surface area contributed by atoms with E-state index in [2.05, 4.69) is 4.98 Å². The number of alkyl halides is 3. The molecule has 2 amide bonds. The van der Waals surface area contributed by atoms with Crippen LogP contribution in [0.2, 0.25) is 5.02 Å². The number of benzene rings is 1. The zero-order chi connectivity index (χ0) is 34.8. The number of rotatable bonds is 6. The Morgan fingerprint density at radius 1 is 1.06 bits per heavy atom. The maximum Gasteiger partial charge on any atom is 0.433 e. The summed E-state index contributed by atoms with van der Waals surface area (Å²) in [5.74, 6) is -5.63. The molecule has 0 saturated carbocycles. The average Bonchev–Trinajstić information content (AvgIpc) is 3.30. The van der Waals surface area contributed by atoms with Crippen LogP contribution < -0.4 is 14.5 Å². The molecule has 0 bridgehead atoms. The van der Waals surface area contributed by atoms with Crippen molar-refractivity contribution in [3.05, 3.63) is 81.1 Å². The highest BCUT2D eigenvalue weighted by molar-refractivity contribution is 6.33.